The number of nitriles is 1. The van der Waals surface area contributed by atoms with E-state index in [1.54, 1.807) is 4.68 Å². The SMILES string of the molecule is Cc1ccc(-n2nnnc2SCC(=O)Nc2sc3c(c2C#N)CCCC3)cc1. The van der Waals surface area contributed by atoms with Crippen LogP contribution in [0.4, 0.5) is 5.00 Å². The predicted octanol–water partition coefficient (Wildman–Crippen LogP) is 3.51. The van der Waals surface area contributed by atoms with Gasteiger partial charge in [0.05, 0.1) is 17.0 Å². The van der Waals surface area contributed by atoms with Crippen molar-refractivity contribution < 1.29 is 4.79 Å². The van der Waals surface area contributed by atoms with Gasteiger partial charge in [0.2, 0.25) is 11.1 Å². The van der Waals surface area contributed by atoms with Crippen molar-refractivity contribution in [3.63, 3.8) is 0 Å². The number of aryl methyl sites for hydroxylation is 2. The summed E-state index contributed by atoms with van der Waals surface area (Å²) in [4.78, 5) is 13.7. The molecule has 28 heavy (non-hydrogen) atoms. The Morgan fingerprint density at radius 2 is 2.11 bits per heavy atom. The van der Waals surface area contributed by atoms with Crippen LogP contribution in [0.15, 0.2) is 29.4 Å². The smallest absolute Gasteiger partial charge is 0.235 e. The number of hydrogen-bond acceptors (Lipinski definition) is 7. The highest BCUT2D eigenvalue weighted by Gasteiger charge is 2.22. The topological polar surface area (TPSA) is 96.5 Å². The Morgan fingerprint density at radius 1 is 1.32 bits per heavy atom. The number of tetrazole rings is 1. The van der Waals surface area contributed by atoms with E-state index in [1.165, 1.54) is 28.0 Å². The number of thiophene rings is 1. The fourth-order valence-electron chi connectivity index (χ4n) is 3.18. The molecule has 2 heterocycles. The molecule has 0 radical (unpaired) electrons. The number of carbonyl (C=O) groups excluding carboxylic acids is 1. The summed E-state index contributed by atoms with van der Waals surface area (Å²) in [6.07, 6.45) is 4.15. The van der Waals surface area contributed by atoms with Crippen LogP contribution in [-0.2, 0) is 17.6 Å². The zero-order valence-electron chi connectivity index (χ0n) is 15.3. The Morgan fingerprint density at radius 3 is 2.89 bits per heavy atom. The van der Waals surface area contributed by atoms with Crippen LogP contribution in [0.2, 0.25) is 0 Å². The van der Waals surface area contributed by atoms with E-state index in [-0.39, 0.29) is 11.7 Å². The van der Waals surface area contributed by atoms with Gasteiger partial charge in [-0.25, -0.2) is 0 Å². The highest BCUT2D eigenvalue weighted by molar-refractivity contribution is 7.99. The zero-order valence-corrected chi connectivity index (χ0v) is 16.9. The van der Waals surface area contributed by atoms with E-state index < -0.39 is 0 Å². The van der Waals surface area contributed by atoms with Crippen LogP contribution < -0.4 is 5.32 Å². The van der Waals surface area contributed by atoms with E-state index in [0.29, 0.717) is 15.7 Å². The first-order chi connectivity index (χ1) is 13.7. The van der Waals surface area contributed by atoms with Crippen molar-refractivity contribution in [2.24, 2.45) is 0 Å². The molecule has 1 amide bonds. The summed E-state index contributed by atoms with van der Waals surface area (Å²) in [5.74, 6) is -0.00167. The minimum absolute atomic E-state index is 0.166. The Kier molecular flexibility index (Phi) is 5.41. The van der Waals surface area contributed by atoms with Crippen molar-refractivity contribution in [2.75, 3.05) is 11.1 Å². The lowest BCUT2D eigenvalue weighted by Crippen LogP contribution is -2.14. The third-order valence-electron chi connectivity index (χ3n) is 4.59. The van der Waals surface area contributed by atoms with Crippen LogP contribution in [0, 0.1) is 18.3 Å². The molecule has 0 spiro atoms. The summed E-state index contributed by atoms with van der Waals surface area (Å²) in [5, 5.41) is 25.4. The number of fused-ring (bicyclic) bond motifs is 1. The predicted molar refractivity (Wildman–Crippen MR) is 109 cm³/mol. The van der Waals surface area contributed by atoms with E-state index in [4.69, 9.17) is 0 Å². The summed E-state index contributed by atoms with van der Waals surface area (Å²) >= 11 is 2.80. The zero-order chi connectivity index (χ0) is 19.5. The molecule has 3 aromatic rings. The van der Waals surface area contributed by atoms with Crippen molar-refractivity contribution >= 4 is 34.0 Å². The first-order valence-corrected chi connectivity index (χ1v) is 10.8. The second-order valence-electron chi connectivity index (χ2n) is 6.57. The van der Waals surface area contributed by atoms with Crippen molar-refractivity contribution in [1.82, 2.24) is 20.2 Å². The number of amides is 1. The molecule has 7 nitrogen and oxygen atoms in total. The third-order valence-corrected chi connectivity index (χ3v) is 6.71. The number of rotatable bonds is 5. The molecule has 0 saturated carbocycles. The Balaban J connectivity index is 1.44. The van der Waals surface area contributed by atoms with Crippen LogP contribution >= 0.6 is 23.1 Å². The fourth-order valence-corrected chi connectivity index (χ4v) is 5.13. The van der Waals surface area contributed by atoms with Crippen molar-refractivity contribution in [3.8, 4) is 11.8 Å². The Hall–Kier alpha value is -2.70. The number of thioether (sulfide) groups is 1. The van der Waals surface area contributed by atoms with Gasteiger partial charge < -0.3 is 5.32 Å². The van der Waals surface area contributed by atoms with Crippen LogP contribution in [0.5, 0.6) is 0 Å². The molecule has 0 aliphatic heterocycles. The molecule has 1 aliphatic carbocycles. The Labute approximate surface area is 170 Å². The first-order valence-electron chi connectivity index (χ1n) is 8.98. The lowest BCUT2D eigenvalue weighted by molar-refractivity contribution is -0.113. The maximum atomic E-state index is 12.5. The van der Waals surface area contributed by atoms with Gasteiger partial charge >= 0.3 is 0 Å². The molecule has 0 bridgehead atoms. The average molecular weight is 411 g/mol. The largest absolute Gasteiger partial charge is 0.316 e. The van der Waals surface area contributed by atoms with E-state index in [9.17, 15) is 10.1 Å². The van der Waals surface area contributed by atoms with Gasteiger partial charge in [-0.3, -0.25) is 4.79 Å². The minimum atomic E-state index is -0.168. The average Bonchev–Trinajstić information content (AvgIpc) is 3.30. The minimum Gasteiger partial charge on any atom is -0.316 e. The Bertz CT molecular complexity index is 1050. The number of anilines is 1. The standard InChI is InChI=1S/C19H18N6OS2/c1-12-6-8-13(9-7-12)25-19(22-23-24-25)27-11-17(26)21-18-15(10-20)14-4-2-3-5-16(14)28-18/h6-9H,2-5,11H2,1H3,(H,21,26). The molecule has 9 heteroatoms. The van der Waals surface area contributed by atoms with Crippen LogP contribution in [0.25, 0.3) is 5.69 Å². The van der Waals surface area contributed by atoms with Gasteiger partial charge in [-0.2, -0.15) is 9.94 Å². The highest BCUT2D eigenvalue weighted by Crippen LogP contribution is 2.37. The maximum Gasteiger partial charge on any atom is 0.235 e. The number of carbonyl (C=O) groups is 1. The molecule has 0 unspecified atom stereocenters. The molecule has 0 atom stereocenters. The number of hydrogen-bond donors (Lipinski definition) is 1. The van der Waals surface area contributed by atoms with E-state index >= 15 is 0 Å². The molecule has 2 aromatic heterocycles. The molecule has 0 saturated heterocycles. The molecule has 142 valence electrons. The van der Waals surface area contributed by atoms with Crippen molar-refractivity contribution in [3.05, 3.63) is 45.8 Å². The van der Waals surface area contributed by atoms with E-state index in [0.717, 1.165) is 42.5 Å². The van der Waals surface area contributed by atoms with Crippen LogP contribution in [-0.4, -0.2) is 31.9 Å². The lowest BCUT2D eigenvalue weighted by atomic mass is 9.96. The molecule has 1 N–H and O–H groups in total. The van der Waals surface area contributed by atoms with Crippen molar-refractivity contribution in [2.45, 2.75) is 37.8 Å². The molecule has 1 aliphatic rings. The monoisotopic (exact) mass is 410 g/mol. The third kappa shape index (κ3) is 3.79. The van der Waals surface area contributed by atoms with Gasteiger partial charge in [-0.05, 0) is 60.7 Å². The van der Waals surface area contributed by atoms with Gasteiger partial charge in [0.1, 0.15) is 11.1 Å². The van der Waals surface area contributed by atoms with E-state index in [1.807, 2.05) is 31.2 Å². The van der Waals surface area contributed by atoms with Gasteiger partial charge in [0.15, 0.2) is 0 Å². The second-order valence-corrected chi connectivity index (χ2v) is 8.62. The normalized spacial score (nSPS) is 13.0. The summed E-state index contributed by atoms with van der Waals surface area (Å²) in [6.45, 7) is 2.02. The molecular weight excluding hydrogens is 392 g/mol. The summed E-state index contributed by atoms with van der Waals surface area (Å²) in [7, 11) is 0. The van der Waals surface area contributed by atoms with Crippen molar-refractivity contribution in [1.29, 1.82) is 5.26 Å². The van der Waals surface area contributed by atoms with Crippen LogP contribution in [0.1, 0.15) is 34.4 Å². The number of aromatic nitrogens is 4. The summed E-state index contributed by atoms with van der Waals surface area (Å²) in [5.41, 5.74) is 3.74. The summed E-state index contributed by atoms with van der Waals surface area (Å²) in [6, 6.07) is 10.1. The fraction of sp³-hybridized carbons (Fsp3) is 0.316. The number of nitrogens with one attached hydrogen (secondary N) is 1. The lowest BCUT2D eigenvalue weighted by Gasteiger charge is -2.09. The van der Waals surface area contributed by atoms with Gasteiger partial charge in [0.25, 0.3) is 0 Å². The van der Waals surface area contributed by atoms with E-state index in [2.05, 4.69) is 26.9 Å². The highest BCUT2D eigenvalue weighted by atomic mass is 32.2. The summed E-state index contributed by atoms with van der Waals surface area (Å²) < 4.78 is 1.61. The number of nitrogens with zero attached hydrogens (tertiary/aromatic N) is 5. The number of benzene rings is 1. The van der Waals surface area contributed by atoms with Gasteiger partial charge in [0, 0.05) is 4.88 Å². The molecular formula is C19H18N6OS2. The van der Waals surface area contributed by atoms with Gasteiger partial charge in [-0.15, -0.1) is 16.4 Å². The molecule has 1 aromatic carbocycles. The molecule has 0 fully saturated rings. The second kappa shape index (κ2) is 8.12. The quantitative estimate of drug-likeness (QED) is 0.647. The first kappa shape index (κ1) is 18.7. The maximum absolute atomic E-state index is 12.5. The molecule has 4 rings (SSSR count). The van der Waals surface area contributed by atoms with Gasteiger partial charge in [-0.1, -0.05) is 29.5 Å². The van der Waals surface area contributed by atoms with Crippen LogP contribution in [0.3, 0.4) is 0 Å².